The topological polar surface area (TPSA) is 52.6 Å². The van der Waals surface area contributed by atoms with Gasteiger partial charge in [0.05, 0.1) is 24.5 Å². The predicted octanol–water partition coefficient (Wildman–Crippen LogP) is 1.35. The highest BCUT2D eigenvalue weighted by atomic mass is 16.3. The number of benzene rings is 1. The molecule has 0 bridgehead atoms. The molecule has 4 nitrogen and oxygen atoms in total. The molecule has 2 N–H and O–H groups in total. The van der Waals surface area contributed by atoms with Gasteiger partial charge in [-0.2, -0.15) is 0 Å². The highest BCUT2D eigenvalue weighted by molar-refractivity contribution is 6.02. The predicted molar refractivity (Wildman–Crippen MR) is 63.5 cm³/mol. The minimum absolute atomic E-state index is 0.0258. The quantitative estimate of drug-likeness (QED) is 0.791. The molecular weight excluding hydrogens is 204 g/mol. The van der Waals surface area contributed by atoms with Crippen LogP contribution in [0.2, 0.25) is 0 Å². The van der Waals surface area contributed by atoms with Crippen LogP contribution in [0.1, 0.15) is 19.4 Å². The minimum Gasteiger partial charge on any atom is -0.392 e. The Morgan fingerprint density at radius 2 is 2.25 bits per heavy atom. The smallest absolute Gasteiger partial charge is 0.243 e. The Morgan fingerprint density at radius 3 is 2.88 bits per heavy atom. The third kappa shape index (κ3) is 1.76. The maximum Gasteiger partial charge on any atom is 0.243 e. The molecule has 4 heteroatoms. The summed E-state index contributed by atoms with van der Waals surface area (Å²) in [6, 6.07) is 5.95. The van der Waals surface area contributed by atoms with Crippen molar-refractivity contribution in [2.45, 2.75) is 26.5 Å². The lowest BCUT2D eigenvalue weighted by atomic mass is 10.1. The summed E-state index contributed by atoms with van der Waals surface area (Å²) >= 11 is 0. The van der Waals surface area contributed by atoms with Gasteiger partial charge in [0.2, 0.25) is 5.91 Å². The molecule has 2 rings (SSSR count). The van der Waals surface area contributed by atoms with Crippen molar-refractivity contribution < 1.29 is 9.90 Å². The fourth-order valence-corrected chi connectivity index (χ4v) is 1.98. The summed E-state index contributed by atoms with van der Waals surface area (Å²) in [4.78, 5) is 13.6. The molecule has 0 saturated carbocycles. The molecule has 1 amide bonds. The van der Waals surface area contributed by atoms with Crippen molar-refractivity contribution in [2.24, 2.45) is 0 Å². The molecule has 0 aliphatic carbocycles. The van der Waals surface area contributed by atoms with Crippen molar-refractivity contribution in [1.29, 1.82) is 0 Å². The van der Waals surface area contributed by atoms with Crippen LogP contribution in [0.3, 0.4) is 0 Å². The van der Waals surface area contributed by atoms with E-state index < -0.39 is 0 Å². The molecule has 86 valence electrons. The lowest BCUT2D eigenvalue weighted by Gasteiger charge is -2.34. The van der Waals surface area contributed by atoms with Crippen LogP contribution in [0.25, 0.3) is 0 Å². The number of fused-ring (bicyclic) bond motifs is 1. The Labute approximate surface area is 94.9 Å². The van der Waals surface area contributed by atoms with Gasteiger partial charge in [0, 0.05) is 11.6 Å². The minimum atomic E-state index is -0.0601. The summed E-state index contributed by atoms with van der Waals surface area (Å²) < 4.78 is 0. The van der Waals surface area contributed by atoms with E-state index in [0.29, 0.717) is 6.54 Å². The summed E-state index contributed by atoms with van der Waals surface area (Å²) in [5.41, 5.74) is 2.49. The van der Waals surface area contributed by atoms with Crippen molar-refractivity contribution in [2.75, 3.05) is 16.8 Å². The Morgan fingerprint density at radius 1 is 1.50 bits per heavy atom. The Bertz CT molecular complexity index is 415. The zero-order valence-corrected chi connectivity index (χ0v) is 9.53. The summed E-state index contributed by atoms with van der Waals surface area (Å²) in [6.45, 7) is 4.41. The number of hydrogen-bond acceptors (Lipinski definition) is 3. The molecule has 0 fully saturated rings. The monoisotopic (exact) mass is 220 g/mol. The number of amides is 1. The van der Waals surface area contributed by atoms with Crippen LogP contribution in [0.4, 0.5) is 11.4 Å². The lowest BCUT2D eigenvalue weighted by molar-refractivity contribution is -0.115. The SMILES string of the molecule is CC(C)N1CC(=O)Nc2c(CO)cccc21. The first-order chi connectivity index (χ1) is 7.63. The summed E-state index contributed by atoms with van der Waals surface area (Å²) in [6.07, 6.45) is 0. The highest BCUT2D eigenvalue weighted by Gasteiger charge is 2.25. The fourth-order valence-electron chi connectivity index (χ4n) is 1.98. The number of para-hydroxylation sites is 1. The van der Waals surface area contributed by atoms with Gasteiger partial charge in [-0.25, -0.2) is 0 Å². The molecule has 1 aromatic carbocycles. The second-order valence-corrected chi connectivity index (χ2v) is 4.24. The number of aliphatic hydroxyl groups excluding tert-OH is 1. The van der Waals surface area contributed by atoms with Crippen LogP contribution in [0.5, 0.6) is 0 Å². The Kier molecular flexibility index (Phi) is 2.83. The zero-order chi connectivity index (χ0) is 11.7. The van der Waals surface area contributed by atoms with Crippen molar-refractivity contribution >= 4 is 17.3 Å². The first-order valence-corrected chi connectivity index (χ1v) is 5.42. The normalized spacial score (nSPS) is 15.0. The molecule has 0 aromatic heterocycles. The van der Waals surface area contributed by atoms with E-state index in [9.17, 15) is 9.90 Å². The van der Waals surface area contributed by atoms with Crippen molar-refractivity contribution in [3.8, 4) is 0 Å². The van der Waals surface area contributed by atoms with Crippen LogP contribution in [-0.2, 0) is 11.4 Å². The van der Waals surface area contributed by atoms with Crippen molar-refractivity contribution in [3.05, 3.63) is 23.8 Å². The number of aliphatic hydroxyl groups is 1. The molecule has 1 aliphatic heterocycles. The fraction of sp³-hybridized carbons (Fsp3) is 0.417. The average Bonchev–Trinajstić information content (AvgIpc) is 2.27. The van der Waals surface area contributed by atoms with E-state index in [1.54, 1.807) is 0 Å². The zero-order valence-electron chi connectivity index (χ0n) is 9.53. The van der Waals surface area contributed by atoms with E-state index in [-0.39, 0.29) is 18.6 Å². The van der Waals surface area contributed by atoms with Gasteiger partial charge in [-0.05, 0) is 19.9 Å². The van der Waals surface area contributed by atoms with Crippen molar-refractivity contribution in [1.82, 2.24) is 0 Å². The molecule has 0 unspecified atom stereocenters. The molecule has 0 spiro atoms. The summed E-state index contributed by atoms with van der Waals surface area (Å²) in [5.74, 6) is -0.0258. The molecule has 0 saturated heterocycles. The van der Waals surface area contributed by atoms with Crippen LogP contribution in [-0.4, -0.2) is 23.6 Å². The first-order valence-electron chi connectivity index (χ1n) is 5.42. The first kappa shape index (κ1) is 11.0. The number of carbonyl (C=O) groups is 1. The number of carbonyl (C=O) groups excluding carboxylic acids is 1. The van der Waals surface area contributed by atoms with E-state index in [1.807, 2.05) is 36.9 Å². The van der Waals surface area contributed by atoms with Crippen LogP contribution >= 0.6 is 0 Å². The molecule has 0 radical (unpaired) electrons. The number of anilines is 2. The number of hydrogen-bond donors (Lipinski definition) is 2. The number of nitrogens with zero attached hydrogens (tertiary/aromatic N) is 1. The molecule has 1 aromatic rings. The van der Waals surface area contributed by atoms with Gasteiger partial charge in [-0.3, -0.25) is 4.79 Å². The van der Waals surface area contributed by atoms with E-state index >= 15 is 0 Å². The molecule has 0 atom stereocenters. The van der Waals surface area contributed by atoms with Gasteiger partial charge in [-0.1, -0.05) is 12.1 Å². The molecule has 1 aliphatic rings. The number of nitrogens with one attached hydrogen (secondary N) is 1. The maximum atomic E-state index is 11.6. The molecule has 16 heavy (non-hydrogen) atoms. The van der Waals surface area contributed by atoms with E-state index in [4.69, 9.17) is 0 Å². The van der Waals surface area contributed by atoms with Crippen LogP contribution in [0, 0.1) is 0 Å². The Hall–Kier alpha value is -1.55. The van der Waals surface area contributed by atoms with Crippen LogP contribution in [0.15, 0.2) is 18.2 Å². The maximum absolute atomic E-state index is 11.6. The molecular formula is C12H16N2O2. The largest absolute Gasteiger partial charge is 0.392 e. The van der Waals surface area contributed by atoms with Crippen LogP contribution < -0.4 is 10.2 Å². The van der Waals surface area contributed by atoms with E-state index in [1.165, 1.54) is 0 Å². The van der Waals surface area contributed by atoms with Gasteiger partial charge in [0.15, 0.2) is 0 Å². The highest BCUT2D eigenvalue weighted by Crippen LogP contribution is 2.33. The van der Waals surface area contributed by atoms with Gasteiger partial charge in [-0.15, -0.1) is 0 Å². The van der Waals surface area contributed by atoms with Gasteiger partial charge >= 0.3 is 0 Å². The Balaban J connectivity index is 2.51. The third-order valence-electron chi connectivity index (χ3n) is 2.81. The number of rotatable bonds is 2. The molecule has 1 heterocycles. The second-order valence-electron chi connectivity index (χ2n) is 4.24. The second kappa shape index (κ2) is 4.14. The standard InChI is InChI=1S/C12H16N2O2/c1-8(2)14-6-11(16)13-12-9(7-15)4-3-5-10(12)14/h3-5,8,15H,6-7H2,1-2H3,(H,13,16). The lowest BCUT2D eigenvalue weighted by Crippen LogP contribution is -2.42. The average molecular weight is 220 g/mol. The summed E-state index contributed by atoms with van der Waals surface area (Å²) in [7, 11) is 0. The van der Waals surface area contributed by atoms with E-state index in [2.05, 4.69) is 5.32 Å². The van der Waals surface area contributed by atoms with Crippen molar-refractivity contribution in [3.63, 3.8) is 0 Å². The van der Waals surface area contributed by atoms with Gasteiger partial charge in [0.1, 0.15) is 0 Å². The van der Waals surface area contributed by atoms with Gasteiger partial charge in [0.25, 0.3) is 0 Å². The van der Waals surface area contributed by atoms with E-state index in [0.717, 1.165) is 16.9 Å². The summed E-state index contributed by atoms with van der Waals surface area (Å²) in [5, 5.41) is 12.1. The third-order valence-corrected chi connectivity index (χ3v) is 2.81. The van der Waals surface area contributed by atoms with Gasteiger partial charge < -0.3 is 15.3 Å².